The molecule has 0 saturated heterocycles. The molecule has 23 heavy (non-hydrogen) atoms. The topological polar surface area (TPSA) is 41.6 Å². The molecule has 0 aliphatic rings. The molecule has 1 heterocycles. The van der Waals surface area contributed by atoms with Crippen molar-refractivity contribution in [2.45, 2.75) is 30.7 Å². The monoisotopic (exact) mass is 327 g/mol. The largest absolute Gasteiger partial charge is 0.258 e. The van der Waals surface area contributed by atoms with Gasteiger partial charge in [-0.25, -0.2) is 9.37 Å². The van der Waals surface area contributed by atoms with Crippen molar-refractivity contribution in [2.24, 2.45) is 0 Å². The Balaban J connectivity index is 1.72. The maximum atomic E-state index is 13.0. The molecule has 0 fully saturated rings. The second-order valence-corrected chi connectivity index (χ2v) is 6.64. The van der Waals surface area contributed by atoms with Crippen molar-refractivity contribution in [3.8, 4) is 11.4 Å². The molecule has 3 rings (SSSR count). The summed E-state index contributed by atoms with van der Waals surface area (Å²) < 4.78 is 13.0. The lowest BCUT2D eigenvalue weighted by Crippen LogP contribution is -1.89. The van der Waals surface area contributed by atoms with Gasteiger partial charge in [-0.05, 0) is 36.6 Å². The number of halogens is 1. The fourth-order valence-corrected chi connectivity index (χ4v) is 3.14. The van der Waals surface area contributed by atoms with Crippen LogP contribution in [0.25, 0.3) is 11.4 Å². The molecular formula is C18H18FN3S. The minimum absolute atomic E-state index is 0.154. The zero-order chi connectivity index (χ0) is 16.2. The summed E-state index contributed by atoms with van der Waals surface area (Å²) in [5, 5.41) is 8.10. The first-order valence-corrected chi connectivity index (χ1v) is 8.47. The first kappa shape index (κ1) is 15.7. The number of aryl methyl sites for hydroxylation is 1. The Kier molecular flexibility index (Phi) is 4.76. The van der Waals surface area contributed by atoms with Crippen molar-refractivity contribution < 1.29 is 4.39 Å². The van der Waals surface area contributed by atoms with E-state index in [-0.39, 0.29) is 11.1 Å². The van der Waals surface area contributed by atoms with Crippen LogP contribution in [0.3, 0.4) is 0 Å². The maximum Gasteiger partial charge on any atom is 0.209 e. The highest BCUT2D eigenvalue weighted by Gasteiger charge is 2.12. The zero-order valence-electron chi connectivity index (χ0n) is 13.1. The average molecular weight is 327 g/mol. The molecule has 118 valence electrons. The maximum absolute atomic E-state index is 13.0. The van der Waals surface area contributed by atoms with Gasteiger partial charge >= 0.3 is 0 Å². The smallest absolute Gasteiger partial charge is 0.209 e. The van der Waals surface area contributed by atoms with Crippen LogP contribution in [0.2, 0.25) is 0 Å². The van der Waals surface area contributed by atoms with E-state index in [2.05, 4.69) is 53.3 Å². The number of thioether (sulfide) groups is 1. The molecule has 0 radical (unpaired) electrons. The van der Waals surface area contributed by atoms with Crippen LogP contribution >= 0.6 is 11.8 Å². The van der Waals surface area contributed by atoms with E-state index in [0.717, 1.165) is 23.4 Å². The van der Waals surface area contributed by atoms with Gasteiger partial charge < -0.3 is 0 Å². The number of hydrogen-bond donors (Lipinski definition) is 1. The Morgan fingerprint density at radius 1 is 1.09 bits per heavy atom. The third kappa shape index (κ3) is 3.79. The standard InChI is InChI=1S/C18H18FN3S/c1-3-13-4-6-15(7-5-13)17-20-18(22-21-17)23-12(2)14-8-10-16(19)11-9-14/h4-12H,3H2,1-2H3,(H,20,21,22)/t12-/m1/s1. The van der Waals surface area contributed by atoms with Gasteiger partial charge in [0.15, 0.2) is 5.82 Å². The van der Waals surface area contributed by atoms with Gasteiger partial charge in [-0.15, -0.1) is 5.10 Å². The summed E-state index contributed by atoms with van der Waals surface area (Å²) in [4.78, 5) is 4.54. The molecule has 0 saturated carbocycles. The van der Waals surface area contributed by atoms with Crippen LogP contribution in [0, 0.1) is 5.82 Å². The Morgan fingerprint density at radius 3 is 2.43 bits per heavy atom. The van der Waals surface area contributed by atoms with E-state index in [9.17, 15) is 4.39 Å². The van der Waals surface area contributed by atoms with Gasteiger partial charge in [-0.3, -0.25) is 5.10 Å². The molecule has 0 unspecified atom stereocenters. The minimum atomic E-state index is -0.221. The number of nitrogens with one attached hydrogen (secondary N) is 1. The molecule has 1 aromatic heterocycles. The number of nitrogens with zero attached hydrogens (tertiary/aromatic N) is 2. The normalized spacial score (nSPS) is 12.3. The van der Waals surface area contributed by atoms with Crippen molar-refractivity contribution in [2.75, 3.05) is 0 Å². The lowest BCUT2D eigenvalue weighted by Gasteiger charge is -2.08. The van der Waals surface area contributed by atoms with Gasteiger partial charge in [0.1, 0.15) is 5.82 Å². The molecule has 5 heteroatoms. The molecule has 3 aromatic rings. The molecule has 0 amide bonds. The molecule has 3 nitrogen and oxygen atoms in total. The summed E-state index contributed by atoms with van der Waals surface area (Å²) >= 11 is 1.55. The van der Waals surface area contributed by atoms with Gasteiger partial charge in [-0.2, -0.15) is 0 Å². The van der Waals surface area contributed by atoms with E-state index >= 15 is 0 Å². The Bertz CT molecular complexity index is 766. The van der Waals surface area contributed by atoms with Gasteiger partial charge in [0.25, 0.3) is 0 Å². The summed E-state index contributed by atoms with van der Waals surface area (Å²) in [6.07, 6.45) is 1.02. The average Bonchev–Trinajstić information content (AvgIpc) is 3.04. The highest BCUT2D eigenvalue weighted by atomic mass is 32.2. The number of hydrogen-bond acceptors (Lipinski definition) is 3. The Morgan fingerprint density at radius 2 is 1.78 bits per heavy atom. The van der Waals surface area contributed by atoms with Crippen LogP contribution in [0.5, 0.6) is 0 Å². The number of aromatic nitrogens is 3. The van der Waals surface area contributed by atoms with Gasteiger partial charge in [0, 0.05) is 10.8 Å². The lowest BCUT2D eigenvalue weighted by molar-refractivity contribution is 0.627. The summed E-state index contributed by atoms with van der Waals surface area (Å²) in [5.74, 6) is 0.545. The van der Waals surface area contributed by atoms with Crippen molar-refractivity contribution in [1.29, 1.82) is 0 Å². The van der Waals surface area contributed by atoms with Crippen LogP contribution in [-0.4, -0.2) is 15.2 Å². The number of benzene rings is 2. The van der Waals surface area contributed by atoms with E-state index in [1.165, 1.54) is 17.7 Å². The van der Waals surface area contributed by atoms with Crippen LogP contribution in [0.15, 0.2) is 53.7 Å². The first-order valence-electron chi connectivity index (χ1n) is 7.59. The lowest BCUT2D eigenvalue weighted by atomic mass is 10.1. The van der Waals surface area contributed by atoms with Crippen LogP contribution < -0.4 is 0 Å². The van der Waals surface area contributed by atoms with E-state index in [1.807, 2.05) is 0 Å². The van der Waals surface area contributed by atoms with Crippen molar-refractivity contribution in [1.82, 2.24) is 15.2 Å². The van der Waals surface area contributed by atoms with E-state index in [0.29, 0.717) is 5.16 Å². The summed E-state index contributed by atoms with van der Waals surface area (Å²) in [7, 11) is 0. The third-order valence-corrected chi connectivity index (χ3v) is 4.74. The van der Waals surface area contributed by atoms with Crippen molar-refractivity contribution in [3.05, 3.63) is 65.5 Å². The number of H-pyrrole nitrogens is 1. The second kappa shape index (κ2) is 6.96. The van der Waals surface area contributed by atoms with E-state index < -0.39 is 0 Å². The molecule has 1 N–H and O–H groups in total. The predicted octanol–water partition coefficient (Wildman–Crippen LogP) is 5.03. The molecule has 0 aliphatic heterocycles. The predicted molar refractivity (Wildman–Crippen MR) is 91.9 cm³/mol. The fourth-order valence-electron chi connectivity index (χ4n) is 2.29. The fraction of sp³-hybridized carbons (Fsp3) is 0.222. The Hall–Kier alpha value is -2.14. The van der Waals surface area contributed by atoms with Gasteiger partial charge in [0.05, 0.1) is 0 Å². The van der Waals surface area contributed by atoms with Crippen LogP contribution in [-0.2, 0) is 6.42 Å². The van der Waals surface area contributed by atoms with Gasteiger partial charge in [-0.1, -0.05) is 55.1 Å². The van der Waals surface area contributed by atoms with E-state index in [1.54, 1.807) is 23.9 Å². The highest BCUT2D eigenvalue weighted by Crippen LogP contribution is 2.33. The van der Waals surface area contributed by atoms with Crippen molar-refractivity contribution >= 4 is 11.8 Å². The van der Waals surface area contributed by atoms with Crippen molar-refractivity contribution in [3.63, 3.8) is 0 Å². The molecule has 0 bridgehead atoms. The van der Waals surface area contributed by atoms with Crippen LogP contribution in [0.4, 0.5) is 4.39 Å². The molecular weight excluding hydrogens is 309 g/mol. The summed E-state index contributed by atoms with van der Waals surface area (Å²) in [6, 6.07) is 14.9. The molecule has 0 aliphatic carbocycles. The van der Waals surface area contributed by atoms with Gasteiger partial charge in [0.2, 0.25) is 5.16 Å². The molecule has 0 spiro atoms. The second-order valence-electron chi connectivity index (χ2n) is 5.33. The Labute approximate surface area is 139 Å². The quantitative estimate of drug-likeness (QED) is 0.669. The molecule has 2 aromatic carbocycles. The summed E-state index contributed by atoms with van der Waals surface area (Å²) in [6.45, 7) is 4.19. The third-order valence-electron chi connectivity index (χ3n) is 3.72. The first-order chi connectivity index (χ1) is 11.2. The molecule has 1 atom stereocenters. The minimum Gasteiger partial charge on any atom is -0.258 e. The SMILES string of the molecule is CCc1ccc(-c2nc(S[C@H](C)c3ccc(F)cc3)n[nH]2)cc1. The van der Waals surface area contributed by atoms with Crippen LogP contribution in [0.1, 0.15) is 30.2 Å². The highest BCUT2D eigenvalue weighted by molar-refractivity contribution is 7.99. The zero-order valence-corrected chi connectivity index (χ0v) is 13.9. The number of aromatic amines is 1. The number of rotatable bonds is 5. The van der Waals surface area contributed by atoms with E-state index in [4.69, 9.17) is 0 Å². The summed E-state index contributed by atoms with van der Waals surface area (Å²) in [5.41, 5.74) is 3.37.